The quantitative estimate of drug-likeness (QED) is 0.476. The number of carbonyl (C=O) groups excluding carboxylic acids is 1. The third-order valence-electron chi connectivity index (χ3n) is 4.38. The van der Waals surface area contributed by atoms with E-state index in [-0.39, 0.29) is 18.1 Å². The summed E-state index contributed by atoms with van der Waals surface area (Å²) < 4.78 is 26.1. The first-order valence-corrected chi connectivity index (χ1v) is 9.12. The van der Waals surface area contributed by atoms with Crippen molar-refractivity contribution in [2.45, 2.75) is 17.1 Å². The molecule has 0 unspecified atom stereocenters. The molecular weight excluding hydrogens is 353 g/mol. The van der Waals surface area contributed by atoms with Gasteiger partial charge in [-0.15, -0.1) is 11.8 Å². The van der Waals surface area contributed by atoms with E-state index in [4.69, 9.17) is 9.47 Å². The van der Waals surface area contributed by atoms with Crippen LogP contribution in [0.25, 0.3) is 10.9 Å². The summed E-state index contributed by atoms with van der Waals surface area (Å²) in [5.41, 5.74) is 2.54. The molecule has 1 aromatic heterocycles. The van der Waals surface area contributed by atoms with Crippen molar-refractivity contribution in [3.8, 4) is 5.75 Å². The van der Waals surface area contributed by atoms with E-state index >= 15 is 0 Å². The van der Waals surface area contributed by atoms with Crippen LogP contribution in [0.3, 0.4) is 0 Å². The van der Waals surface area contributed by atoms with Gasteiger partial charge in [-0.1, -0.05) is 18.2 Å². The molecule has 1 heterocycles. The number of thioether (sulfide) groups is 1. The molecule has 0 N–H and O–H groups in total. The summed E-state index contributed by atoms with van der Waals surface area (Å²) >= 11 is 1.67. The van der Waals surface area contributed by atoms with Crippen molar-refractivity contribution >= 4 is 28.6 Å². The monoisotopic (exact) mass is 373 g/mol. The normalized spacial score (nSPS) is 10.9. The average molecular weight is 373 g/mol. The molecule has 26 heavy (non-hydrogen) atoms. The Labute approximate surface area is 155 Å². The minimum atomic E-state index is -0.424. The van der Waals surface area contributed by atoms with E-state index < -0.39 is 5.82 Å². The van der Waals surface area contributed by atoms with Crippen LogP contribution < -0.4 is 4.74 Å². The lowest BCUT2D eigenvalue weighted by Gasteiger charge is -2.08. The number of rotatable bonds is 6. The molecule has 0 aliphatic rings. The van der Waals surface area contributed by atoms with Gasteiger partial charge in [0.1, 0.15) is 0 Å². The topological polar surface area (TPSA) is 40.5 Å². The number of aromatic nitrogens is 1. The first-order valence-electron chi connectivity index (χ1n) is 8.13. The highest BCUT2D eigenvalue weighted by atomic mass is 32.2. The Hall–Kier alpha value is -2.47. The second-order valence-electron chi connectivity index (χ2n) is 5.84. The van der Waals surface area contributed by atoms with Crippen molar-refractivity contribution in [2.24, 2.45) is 7.05 Å². The van der Waals surface area contributed by atoms with Crippen molar-refractivity contribution < 1.29 is 18.7 Å². The van der Waals surface area contributed by atoms with Crippen molar-refractivity contribution in [2.75, 3.05) is 14.2 Å². The van der Waals surface area contributed by atoms with Crippen molar-refractivity contribution in [3.63, 3.8) is 0 Å². The van der Waals surface area contributed by atoms with E-state index in [1.165, 1.54) is 20.3 Å². The number of benzene rings is 2. The molecule has 0 aliphatic carbocycles. The van der Waals surface area contributed by atoms with Crippen LogP contribution in [0.2, 0.25) is 0 Å². The zero-order valence-corrected chi connectivity index (χ0v) is 15.7. The largest absolute Gasteiger partial charge is 0.494 e. The van der Waals surface area contributed by atoms with Crippen LogP contribution in [0.4, 0.5) is 4.39 Å². The molecule has 0 fully saturated rings. The lowest BCUT2D eigenvalue weighted by molar-refractivity contribution is -0.139. The van der Waals surface area contributed by atoms with Gasteiger partial charge in [0.15, 0.2) is 11.6 Å². The third kappa shape index (κ3) is 3.55. The number of methoxy groups -OCH3 is 2. The number of carbonyl (C=O) groups is 1. The molecule has 0 spiro atoms. The molecule has 2 aromatic carbocycles. The lowest BCUT2D eigenvalue weighted by Crippen LogP contribution is -2.07. The Morgan fingerprint density at radius 1 is 1.19 bits per heavy atom. The standard InChI is InChI=1S/C20H20FNO3S/c1-22-17-11-16(21)19(24-2)9-14(17)15(10-20(23)25-3)18(22)12-26-13-7-5-4-6-8-13/h4-9,11H,10,12H2,1-3H3. The number of esters is 1. The fraction of sp³-hybridized carbons (Fsp3) is 0.250. The number of halogens is 1. The Balaban J connectivity index is 2.08. The minimum Gasteiger partial charge on any atom is -0.494 e. The Morgan fingerprint density at radius 3 is 2.58 bits per heavy atom. The number of ether oxygens (including phenoxy) is 2. The molecule has 0 saturated heterocycles. The molecule has 3 rings (SSSR count). The maximum absolute atomic E-state index is 14.2. The van der Waals surface area contributed by atoms with E-state index in [0.717, 1.165) is 27.1 Å². The van der Waals surface area contributed by atoms with Gasteiger partial charge in [0, 0.05) is 34.8 Å². The Kier molecular flexibility index (Phi) is 5.52. The molecule has 136 valence electrons. The lowest BCUT2D eigenvalue weighted by atomic mass is 10.1. The summed E-state index contributed by atoms with van der Waals surface area (Å²) in [7, 11) is 4.68. The number of hydrogen-bond donors (Lipinski definition) is 0. The van der Waals surface area contributed by atoms with Gasteiger partial charge in [0.05, 0.1) is 26.2 Å². The van der Waals surface area contributed by atoms with Gasteiger partial charge in [-0.3, -0.25) is 4.79 Å². The van der Waals surface area contributed by atoms with E-state index in [9.17, 15) is 9.18 Å². The molecule has 0 atom stereocenters. The highest BCUT2D eigenvalue weighted by molar-refractivity contribution is 7.98. The summed E-state index contributed by atoms with van der Waals surface area (Å²) in [4.78, 5) is 13.1. The zero-order chi connectivity index (χ0) is 18.7. The fourth-order valence-corrected chi connectivity index (χ4v) is 4.01. The molecule has 0 aliphatic heterocycles. The fourth-order valence-electron chi connectivity index (χ4n) is 2.99. The Morgan fingerprint density at radius 2 is 1.92 bits per heavy atom. The number of nitrogens with zero attached hydrogens (tertiary/aromatic N) is 1. The smallest absolute Gasteiger partial charge is 0.310 e. The second kappa shape index (κ2) is 7.83. The van der Waals surface area contributed by atoms with Crippen LogP contribution in [0, 0.1) is 5.82 Å². The van der Waals surface area contributed by atoms with E-state index in [1.54, 1.807) is 17.8 Å². The van der Waals surface area contributed by atoms with Crippen LogP contribution in [0.1, 0.15) is 11.3 Å². The third-order valence-corrected chi connectivity index (χ3v) is 5.40. The van der Waals surface area contributed by atoms with Gasteiger partial charge in [-0.05, 0) is 23.8 Å². The molecule has 0 radical (unpaired) electrons. The van der Waals surface area contributed by atoms with Crippen LogP contribution in [0.5, 0.6) is 5.75 Å². The second-order valence-corrected chi connectivity index (χ2v) is 6.89. The van der Waals surface area contributed by atoms with E-state index in [2.05, 4.69) is 0 Å². The number of aryl methyl sites for hydroxylation is 1. The van der Waals surface area contributed by atoms with Crippen molar-refractivity contribution in [1.29, 1.82) is 0 Å². The number of fused-ring (bicyclic) bond motifs is 1. The van der Waals surface area contributed by atoms with Crippen LogP contribution in [-0.2, 0) is 28.8 Å². The van der Waals surface area contributed by atoms with Gasteiger partial charge < -0.3 is 14.0 Å². The molecule has 0 amide bonds. The van der Waals surface area contributed by atoms with Gasteiger partial charge in [0.2, 0.25) is 0 Å². The molecular formula is C20H20FNO3S. The first-order chi connectivity index (χ1) is 12.5. The predicted octanol–water partition coefficient (Wildman–Crippen LogP) is 4.33. The maximum Gasteiger partial charge on any atom is 0.310 e. The van der Waals surface area contributed by atoms with Crippen molar-refractivity contribution in [3.05, 3.63) is 59.5 Å². The first kappa shape index (κ1) is 18.3. The summed E-state index contributed by atoms with van der Waals surface area (Å²) in [6, 6.07) is 13.1. The molecule has 0 bridgehead atoms. The van der Waals surface area contributed by atoms with Gasteiger partial charge in [-0.2, -0.15) is 0 Å². The summed E-state index contributed by atoms with van der Waals surface area (Å²) in [6.07, 6.45) is 0.132. The SMILES string of the molecule is COC(=O)Cc1c(CSc2ccccc2)n(C)c2cc(F)c(OC)cc12. The Bertz CT molecular complexity index is 937. The summed E-state index contributed by atoms with van der Waals surface area (Å²) in [5.74, 6) is 0.0709. The van der Waals surface area contributed by atoms with Gasteiger partial charge in [-0.25, -0.2) is 4.39 Å². The van der Waals surface area contributed by atoms with E-state index in [0.29, 0.717) is 5.75 Å². The van der Waals surface area contributed by atoms with E-state index in [1.807, 2.05) is 41.9 Å². The predicted molar refractivity (Wildman–Crippen MR) is 101 cm³/mol. The molecule has 6 heteroatoms. The highest BCUT2D eigenvalue weighted by Gasteiger charge is 2.20. The van der Waals surface area contributed by atoms with Crippen LogP contribution in [0.15, 0.2) is 47.4 Å². The highest BCUT2D eigenvalue weighted by Crippen LogP contribution is 2.34. The zero-order valence-electron chi connectivity index (χ0n) is 14.9. The number of hydrogen-bond acceptors (Lipinski definition) is 4. The average Bonchev–Trinajstić information content (AvgIpc) is 2.90. The molecule has 4 nitrogen and oxygen atoms in total. The van der Waals surface area contributed by atoms with Gasteiger partial charge in [0.25, 0.3) is 0 Å². The van der Waals surface area contributed by atoms with Gasteiger partial charge >= 0.3 is 5.97 Å². The molecule has 0 saturated carbocycles. The van der Waals surface area contributed by atoms with Crippen LogP contribution in [-0.4, -0.2) is 24.8 Å². The molecule has 3 aromatic rings. The minimum absolute atomic E-state index is 0.132. The maximum atomic E-state index is 14.2. The van der Waals surface area contributed by atoms with Crippen LogP contribution >= 0.6 is 11.8 Å². The summed E-state index contributed by atoms with van der Waals surface area (Å²) in [5, 5.41) is 0.805. The van der Waals surface area contributed by atoms with Crippen molar-refractivity contribution in [1.82, 2.24) is 4.57 Å². The summed E-state index contributed by atoms with van der Waals surface area (Å²) in [6.45, 7) is 0.